The molecule has 0 radical (unpaired) electrons. The lowest BCUT2D eigenvalue weighted by atomic mass is 10.1. The van der Waals surface area contributed by atoms with Crippen molar-refractivity contribution in [2.24, 2.45) is 0 Å². The third-order valence-electron chi connectivity index (χ3n) is 6.40. The summed E-state index contributed by atoms with van der Waals surface area (Å²) >= 11 is 0. The number of piperazine rings is 1. The average molecular weight is 455 g/mol. The Morgan fingerprint density at radius 3 is 2.44 bits per heavy atom. The summed E-state index contributed by atoms with van der Waals surface area (Å²) in [6, 6.07) is 9.10. The quantitative estimate of drug-likeness (QED) is 0.731. The minimum atomic E-state index is -3.51. The summed E-state index contributed by atoms with van der Waals surface area (Å²) in [6.07, 6.45) is 7.10. The lowest BCUT2D eigenvalue weighted by Gasteiger charge is -2.37. The maximum absolute atomic E-state index is 12.8. The predicted molar refractivity (Wildman–Crippen MR) is 129 cm³/mol. The van der Waals surface area contributed by atoms with Crippen LogP contribution in [0.15, 0.2) is 35.9 Å². The minimum absolute atomic E-state index is 0.0328. The van der Waals surface area contributed by atoms with E-state index in [0.717, 1.165) is 50.0 Å². The smallest absolute Gasteiger partial charge is 0.258 e. The van der Waals surface area contributed by atoms with Crippen LogP contribution in [0.1, 0.15) is 45.1 Å². The van der Waals surface area contributed by atoms with Crippen molar-refractivity contribution in [2.75, 3.05) is 27.6 Å². The summed E-state index contributed by atoms with van der Waals surface area (Å²) < 4.78 is 27.1. The van der Waals surface area contributed by atoms with E-state index >= 15 is 0 Å². The summed E-state index contributed by atoms with van der Waals surface area (Å²) in [5.74, 6) is 0.867. The summed E-state index contributed by atoms with van der Waals surface area (Å²) in [5.41, 5.74) is 2.78. The molecular weight excluding hydrogens is 424 g/mol. The van der Waals surface area contributed by atoms with Crippen LogP contribution in [0.3, 0.4) is 0 Å². The number of aromatic nitrogens is 2. The van der Waals surface area contributed by atoms with E-state index in [4.69, 9.17) is 0 Å². The summed E-state index contributed by atoms with van der Waals surface area (Å²) in [4.78, 5) is 11.4. The number of rotatable bonds is 4. The molecule has 1 aromatic heterocycles. The lowest BCUT2D eigenvalue weighted by Crippen LogP contribution is -2.54. The van der Waals surface area contributed by atoms with E-state index in [9.17, 15) is 8.42 Å². The van der Waals surface area contributed by atoms with Crippen molar-refractivity contribution in [1.29, 1.82) is 0 Å². The fourth-order valence-corrected chi connectivity index (χ4v) is 6.49. The number of fused-ring (bicyclic) bond motifs is 1. The van der Waals surface area contributed by atoms with E-state index < -0.39 is 10.0 Å². The van der Waals surface area contributed by atoms with Crippen LogP contribution < -0.4 is 19.8 Å². The monoisotopic (exact) mass is 454 g/mol. The molecule has 3 heterocycles. The van der Waals surface area contributed by atoms with Crippen molar-refractivity contribution < 1.29 is 8.42 Å². The molecule has 0 bridgehead atoms. The van der Waals surface area contributed by atoms with Gasteiger partial charge in [-0.3, -0.25) is 0 Å². The van der Waals surface area contributed by atoms with Crippen molar-refractivity contribution in [3.63, 3.8) is 0 Å². The molecule has 0 amide bonds. The highest BCUT2D eigenvalue weighted by molar-refractivity contribution is 7.95. The Bertz CT molecular complexity index is 1100. The molecule has 3 aliphatic rings. The van der Waals surface area contributed by atoms with Crippen LogP contribution in [0, 0.1) is 0 Å². The maximum atomic E-state index is 12.8. The second-order valence-electron chi connectivity index (χ2n) is 9.10. The molecule has 2 fully saturated rings. The Balaban J connectivity index is 1.37. The summed E-state index contributed by atoms with van der Waals surface area (Å²) in [7, 11) is -3.51. The lowest BCUT2D eigenvalue weighted by molar-refractivity contribution is 0.407. The van der Waals surface area contributed by atoms with Gasteiger partial charge in [0.25, 0.3) is 10.0 Å². The Morgan fingerprint density at radius 1 is 1.06 bits per heavy atom. The standard InChI is InChI=1S/C23H30N6O2S/c1-16-14-28(15-17(2)25-16)20-9-7-19(8-10-20)26-23-24-13-18-11-12-32(30,31)29(22(18)27-23)21-5-3-4-6-21/h7-13,16-17,21,25H,3-6,14-15H2,1-2H3,(H,24,26,27). The molecule has 1 saturated heterocycles. The first kappa shape index (κ1) is 21.2. The first-order valence-corrected chi connectivity index (χ1v) is 12.9. The highest BCUT2D eigenvalue weighted by Gasteiger charge is 2.35. The number of nitrogens with one attached hydrogen (secondary N) is 2. The van der Waals surface area contributed by atoms with Gasteiger partial charge in [0.15, 0.2) is 5.82 Å². The van der Waals surface area contributed by atoms with Gasteiger partial charge in [0, 0.05) is 54.4 Å². The third-order valence-corrected chi connectivity index (χ3v) is 7.90. The zero-order valence-electron chi connectivity index (χ0n) is 18.5. The van der Waals surface area contributed by atoms with Crippen LogP contribution in [0.2, 0.25) is 0 Å². The first-order chi connectivity index (χ1) is 15.4. The fourth-order valence-electron chi connectivity index (χ4n) is 5.02. The van der Waals surface area contributed by atoms with E-state index in [1.54, 1.807) is 12.3 Å². The molecular formula is C23H30N6O2S. The first-order valence-electron chi connectivity index (χ1n) is 11.4. The molecule has 0 spiro atoms. The van der Waals surface area contributed by atoms with Gasteiger partial charge in [0.2, 0.25) is 5.95 Å². The van der Waals surface area contributed by atoms with E-state index in [1.807, 2.05) is 12.1 Å². The SMILES string of the molecule is CC1CN(c2ccc(Nc3ncc4c(n3)N(C3CCCC3)S(=O)(=O)C=C4)cc2)CC(C)N1. The van der Waals surface area contributed by atoms with Crippen LogP contribution in [0.4, 0.5) is 23.1 Å². The summed E-state index contributed by atoms with van der Waals surface area (Å²) in [5, 5.41) is 8.06. The van der Waals surface area contributed by atoms with Crippen molar-refractivity contribution in [3.8, 4) is 0 Å². The number of hydrogen-bond donors (Lipinski definition) is 2. The molecule has 2 atom stereocenters. The third kappa shape index (κ3) is 4.19. The number of anilines is 4. The molecule has 2 N–H and O–H groups in total. The van der Waals surface area contributed by atoms with Gasteiger partial charge >= 0.3 is 0 Å². The van der Waals surface area contributed by atoms with Crippen molar-refractivity contribution in [3.05, 3.63) is 41.4 Å². The largest absolute Gasteiger partial charge is 0.368 e. The second kappa shape index (κ2) is 8.37. The van der Waals surface area contributed by atoms with Crippen molar-refractivity contribution in [2.45, 2.75) is 57.7 Å². The van der Waals surface area contributed by atoms with E-state index in [2.05, 4.69) is 51.5 Å². The van der Waals surface area contributed by atoms with Crippen molar-refractivity contribution >= 4 is 39.2 Å². The van der Waals surface area contributed by atoms with E-state index in [0.29, 0.717) is 23.8 Å². The van der Waals surface area contributed by atoms with Gasteiger partial charge in [0.1, 0.15) is 0 Å². The molecule has 5 rings (SSSR count). The number of nitrogens with zero attached hydrogens (tertiary/aromatic N) is 4. The number of benzene rings is 1. The van der Waals surface area contributed by atoms with Crippen LogP contribution in [-0.4, -0.2) is 49.6 Å². The predicted octanol–water partition coefficient (Wildman–Crippen LogP) is 3.47. The Kier molecular flexibility index (Phi) is 5.54. The van der Waals surface area contributed by atoms with Crippen molar-refractivity contribution in [1.82, 2.24) is 15.3 Å². The molecule has 2 unspecified atom stereocenters. The molecule has 170 valence electrons. The van der Waals surface area contributed by atoms with Crippen LogP contribution in [-0.2, 0) is 10.0 Å². The molecule has 1 aromatic carbocycles. The second-order valence-corrected chi connectivity index (χ2v) is 10.8. The zero-order valence-corrected chi connectivity index (χ0v) is 19.3. The molecule has 9 heteroatoms. The molecule has 2 aromatic rings. The van der Waals surface area contributed by atoms with Gasteiger partial charge in [-0.05, 0) is 57.0 Å². The van der Waals surface area contributed by atoms with Crippen LogP contribution >= 0.6 is 0 Å². The minimum Gasteiger partial charge on any atom is -0.368 e. The fraction of sp³-hybridized carbons (Fsp3) is 0.478. The average Bonchev–Trinajstić information content (AvgIpc) is 3.27. The van der Waals surface area contributed by atoms with E-state index in [1.165, 1.54) is 15.4 Å². The van der Waals surface area contributed by atoms with Gasteiger partial charge in [-0.1, -0.05) is 12.8 Å². The van der Waals surface area contributed by atoms with Gasteiger partial charge in [-0.2, -0.15) is 4.98 Å². The highest BCUT2D eigenvalue weighted by atomic mass is 32.2. The van der Waals surface area contributed by atoms with Gasteiger partial charge in [-0.15, -0.1) is 0 Å². The van der Waals surface area contributed by atoms with Gasteiger partial charge in [0.05, 0.1) is 5.41 Å². The van der Waals surface area contributed by atoms with Crippen LogP contribution in [0.5, 0.6) is 0 Å². The van der Waals surface area contributed by atoms with Crippen LogP contribution in [0.25, 0.3) is 6.08 Å². The Labute approximate surface area is 189 Å². The zero-order chi connectivity index (χ0) is 22.3. The number of hydrogen-bond acceptors (Lipinski definition) is 7. The van der Waals surface area contributed by atoms with E-state index in [-0.39, 0.29) is 6.04 Å². The molecule has 2 aliphatic heterocycles. The Morgan fingerprint density at radius 2 is 1.75 bits per heavy atom. The Hall–Kier alpha value is -2.65. The highest BCUT2D eigenvalue weighted by Crippen LogP contribution is 2.36. The molecule has 8 nitrogen and oxygen atoms in total. The van der Waals surface area contributed by atoms with Gasteiger partial charge in [-0.25, -0.2) is 17.7 Å². The topological polar surface area (TPSA) is 90.5 Å². The van der Waals surface area contributed by atoms with Gasteiger partial charge < -0.3 is 15.5 Å². The normalized spacial score (nSPS) is 25.1. The number of sulfonamides is 1. The molecule has 1 saturated carbocycles. The molecule has 32 heavy (non-hydrogen) atoms. The maximum Gasteiger partial charge on any atom is 0.258 e. The summed E-state index contributed by atoms with van der Waals surface area (Å²) in [6.45, 7) is 6.36. The molecule has 1 aliphatic carbocycles.